The average Bonchev–Trinajstić information content (AvgIpc) is 3.07. The van der Waals surface area contributed by atoms with Crippen molar-refractivity contribution < 1.29 is 18.3 Å². The van der Waals surface area contributed by atoms with Crippen molar-refractivity contribution in [1.29, 1.82) is 0 Å². The van der Waals surface area contributed by atoms with Crippen molar-refractivity contribution in [2.75, 3.05) is 12.3 Å². The van der Waals surface area contributed by atoms with Gasteiger partial charge in [-0.05, 0) is 24.5 Å². The SMILES string of the molecule is Nc1cc(F)cc(C(=O)OCCC2CC2)c1F. The molecule has 0 saturated heterocycles. The summed E-state index contributed by atoms with van der Waals surface area (Å²) >= 11 is 0. The van der Waals surface area contributed by atoms with Crippen molar-refractivity contribution >= 4 is 11.7 Å². The number of benzene rings is 1. The summed E-state index contributed by atoms with van der Waals surface area (Å²) in [6.45, 7) is 0.235. The van der Waals surface area contributed by atoms with Crippen LogP contribution in [0.25, 0.3) is 0 Å². The topological polar surface area (TPSA) is 52.3 Å². The Morgan fingerprint density at radius 3 is 2.76 bits per heavy atom. The molecule has 2 rings (SSSR count). The molecule has 0 heterocycles. The molecule has 0 aliphatic heterocycles. The summed E-state index contributed by atoms with van der Waals surface area (Å²) in [5.74, 6) is -1.93. The Hall–Kier alpha value is -1.65. The second-order valence-electron chi connectivity index (χ2n) is 4.22. The van der Waals surface area contributed by atoms with E-state index < -0.39 is 23.2 Å². The van der Waals surface area contributed by atoms with Gasteiger partial charge in [0.1, 0.15) is 11.4 Å². The van der Waals surface area contributed by atoms with Gasteiger partial charge in [-0.3, -0.25) is 0 Å². The molecule has 0 bridgehead atoms. The second kappa shape index (κ2) is 4.69. The van der Waals surface area contributed by atoms with Crippen LogP contribution in [0.2, 0.25) is 0 Å². The van der Waals surface area contributed by atoms with E-state index >= 15 is 0 Å². The van der Waals surface area contributed by atoms with E-state index in [4.69, 9.17) is 10.5 Å². The van der Waals surface area contributed by atoms with E-state index in [0.29, 0.717) is 5.92 Å². The first-order valence-electron chi connectivity index (χ1n) is 5.49. The maximum absolute atomic E-state index is 13.4. The number of anilines is 1. The van der Waals surface area contributed by atoms with E-state index in [-0.39, 0.29) is 12.3 Å². The van der Waals surface area contributed by atoms with Crippen LogP contribution in [0, 0.1) is 17.6 Å². The summed E-state index contributed by atoms with van der Waals surface area (Å²) < 4.78 is 31.3. The summed E-state index contributed by atoms with van der Waals surface area (Å²) in [7, 11) is 0. The van der Waals surface area contributed by atoms with Crippen LogP contribution in [0.1, 0.15) is 29.6 Å². The number of nitrogens with two attached hydrogens (primary N) is 1. The van der Waals surface area contributed by atoms with Crippen LogP contribution in [-0.2, 0) is 4.74 Å². The molecule has 0 unspecified atom stereocenters. The van der Waals surface area contributed by atoms with Crippen molar-refractivity contribution in [3.8, 4) is 0 Å². The van der Waals surface area contributed by atoms with Gasteiger partial charge in [-0.1, -0.05) is 12.8 Å². The van der Waals surface area contributed by atoms with E-state index in [1.807, 2.05) is 0 Å². The highest BCUT2D eigenvalue weighted by molar-refractivity contribution is 5.90. The van der Waals surface area contributed by atoms with Gasteiger partial charge in [-0.15, -0.1) is 0 Å². The number of halogens is 2. The van der Waals surface area contributed by atoms with Gasteiger partial charge in [0.05, 0.1) is 12.3 Å². The Kier molecular flexibility index (Phi) is 3.26. The molecule has 1 aliphatic rings. The lowest BCUT2D eigenvalue weighted by Crippen LogP contribution is -2.11. The molecule has 0 aromatic heterocycles. The fourth-order valence-corrected chi connectivity index (χ4v) is 1.56. The maximum Gasteiger partial charge on any atom is 0.341 e. The Morgan fingerprint density at radius 2 is 2.12 bits per heavy atom. The molecule has 1 aromatic rings. The number of nitrogen functional groups attached to an aromatic ring is 1. The molecule has 2 N–H and O–H groups in total. The van der Waals surface area contributed by atoms with Crippen LogP contribution in [0.15, 0.2) is 12.1 Å². The first kappa shape index (κ1) is 11.8. The van der Waals surface area contributed by atoms with E-state index in [1.54, 1.807) is 0 Å². The number of hydrogen-bond donors (Lipinski definition) is 1. The number of hydrogen-bond acceptors (Lipinski definition) is 3. The molecule has 92 valence electrons. The lowest BCUT2D eigenvalue weighted by atomic mass is 10.2. The van der Waals surface area contributed by atoms with Gasteiger partial charge in [0.2, 0.25) is 0 Å². The molecule has 1 aromatic carbocycles. The summed E-state index contributed by atoms with van der Waals surface area (Å²) in [5.41, 5.74) is 4.39. The zero-order valence-corrected chi connectivity index (χ0v) is 9.21. The van der Waals surface area contributed by atoms with E-state index in [9.17, 15) is 13.6 Å². The van der Waals surface area contributed by atoms with Gasteiger partial charge in [-0.25, -0.2) is 13.6 Å². The first-order chi connectivity index (χ1) is 8.08. The van der Waals surface area contributed by atoms with E-state index in [1.165, 1.54) is 0 Å². The lowest BCUT2D eigenvalue weighted by molar-refractivity contribution is 0.0489. The minimum atomic E-state index is -0.928. The monoisotopic (exact) mass is 241 g/mol. The van der Waals surface area contributed by atoms with Crippen LogP contribution in [-0.4, -0.2) is 12.6 Å². The van der Waals surface area contributed by atoms with Crippen molar-refractivity contribution in [2.24, 2.45) is 5.92 Å². The number of carbonyl (C=O) groups excluding carboxylic acids is 1. The zero-order chi connectivity index (χ0) is 12.4. The highest BCUT2D eigenvalue weighted by Gasteiger charge is 2.22. The predicted octanol–water partition coefficient (Wildman–Crippen LogP) is 2.50. The van der Waals surface area contributed by atoms with Gasteiger partial charge in [0.25, 0.3) is 0 Å². The second-order valence-corrected chi connectivity index (χ2v) is 4.22. The van der Waals surface area contributed by atoms with Gasteiger partial charge in [0.15, 0.2) is 5.82 Å². The molecular weight excluding hydrogens is 228 g/mol. The molecule has 0 atom stereocenters. The van der Waals surface area contributed by atoms with Crippen LogP contribution in [0.3, 0.4) is 0 Å². The molecule has 0 radical (unpaired) electrons. The molecule has 0 amide bonds. The van der Waals surface area contributed by atoms with Crippen molar-refractivity contribution in [2.45, 2.75) is 19.3 Å². The zero-order valence-electron chi connectivity index (χ0n) is 9.21. The normalized spacial score (nSPS) is 14.7. The van der Waals surface area contributed by atoms with Gasteiger partial charge in [-0.2, -0.15) is 0 Å². The molecule has 17 heavy (non-hydrogen) atoms. The molecule has 3 nitrogen and oxygen atoms in total. The van der Waals surface area contributed by atoms with Gasteiger partial charge >= 0.3 is 5.97 Å². The number of esters is 1. The molecule has 1 saturated carbocycles. The summed E-state index contributed by atoms with van der Waals surface area (Å²) in [6, 6.07) is 1.63. The van der Waals surface area contributed by atoms with Crippen LogP contribution in [0.4, 0.5) is 14.5 Å². The largest absolute Gasteiger partial charge is 0.462 e. The smallest absolute Gasteiger partial charge is 0.341 e. The Balaban J connectivity index is 2.01. The fourth-order valence-electron chi connectivity index (χ4n) is 1.56. The molecular formula is C12H13F2NO2. The first-order valence-corrected chi connectivity index (χ1v) is 5.49. The summed E-state index contributed by atoms with van der Waals surface area (Å²) in [6.07, 6.45) is 3.08. The van der Waals surface area contributed by atoms with E-state index in [0.717, 1.165) is 31.4 Å². The quantitative estimate of drug-likeness (QED) is 0.651. The third kappa shape index (κ3) is 2.93. The van der Waals surface area contributed by atoms with Crippen LogP contribution >= 0.6 is 0 Å². The summed E-state index contributed by atoms with van der Waals surface area (Å²) in [5, 5.41) is 0. The minimum absolute atomic E-state index is 0.235. The standard InChI is InChI=1S/C12H13F2NO2/c13-8-5-9(11(14)10(15)6-8)12(16)17-4-3-7-1-2-7/h5-7H,1-4,15H2. The van der Waals surface area contributed by atoms with Crippen molar-refractivity contribution in [1.82, 2.24) is 0 Å². The Labute approximate surface area is 97.6 Å². The van der Waals surface area contributed by atoms with Crippen molar-refractivity contribution in [3.05, 3.63) is 29.3 Å². The van der Waals surface area contributed by atoms with Gasteiger partial charge < -0.3 is 10.5 Å². The molecule has 0 spiro atoms. The van der Waals surface area contributed by atoms with Gasteiger partial charge in [0, 0.05) is 0 Å². The highest BCUT2D eigenvalue weighted by atomic mass is 19.1. The molecule has 1 aliphatic carbocycles. The number of ether oxygens (including phenoxy) is 1. The molecule has 1 fully saturated rings. The number of rotatable bonds is 4. The minimum Gasteiger partial charge on any atom is -0.462 e. The Morgan fingerprint density at radius 1 is 1.41 bits per heavy atom. The fraction of sp³-hybridized carbons (Fsp3) is 0.417. The van der Waals surface area contributed by atoms with Crippen LogP contribution < -0.4 is 5.73 Å². The highest BCUT2D eigenvalue weighted by Crippen LogP contribution is 2.32. The predicted molar refractivity (Wildman–Crippen MR) is 58.4 cm³/mol. The Bertz CT molecular complexity index is 444. The van der Waals surface area contributed by atoms with Crippen molar-refractivity contribution in [3.63, 3.8) is 0 Å². The summed E-state index contributed by atoms with van der Waals surface area (Å²) in [4.78, 5) is 11.5. The lowest BCUT2D eigenvalue weighted by Gasteiger charge is -2.06. The van der Waals surface area contributed by atoms with Crippen LogP contribution in [0.5, 0.6) is 0 Å². The third-order valence-corrected chi connectivity index (χ3v) is 2.74. The molecule has 5 heteroatoms. The van der Waals surface area contributed by atoms with E-state index in [2.05, 4.69) is 0 Å². The third-order valence-electron chi connectivity index (χ3n) is 2.74. The number of carbonyl (C=O) groups is 1. The average molecular weight is 241 g/mol. The maximum atomic E-state index is 13.4.